The van der Waals surface area contributed by atoms with Crippen molar-refractivity contribution in [1.29, 1.82) is 0 Å². The Kier molecular flexibility index (Phi) is 3.99. The second-order valence-corrected chi connectivity index (χ2v) is 4.41. The topological polar surface area (TPSA) is 46.9 Å². The Morgan fingerprint density at radius 2 is 2.06 bits per heavy atom. The molecule has 0 aliphatic heterocycles. The van der Waals surface area contributed by atoms with Crippen LogP contribution in [0.2, 0.25) is 5.02 Å². The third kappa shape index (κ3) is 3.11. The zero-order chi connectivity index (χ0) is 13.0. The van der Waals surface area contributed by atoms with Crippen LogP contribution in [-0.2, 0) is 13.5 Å². The first-order valence-electron chi connectivity index (χ1n) is 5.67. The highest BCUT2D eigenvalue weighted by molar-refractivity contribution is 6.30. The Bertz CT molecular complexity index is 533. The van der Waals surface area contributed by atoms with Gasteiger partial charge in [0, 0.05) is 24.8 Å². The van der Waals surface area contributed by atoms with Crippen molar-refractivity contribution in [1.82, 2.24) is 15.1 Å². The fourth-order valence-corrected chi connectivity index (χ4v) is 1.78. The van der Waals surface area contributed by atoms with Gasteiger partial charge in [-0.1, -0.05) is 23.7 Å². The Hall–Kier alpha value is -1.81. The van der Waals surface area contributed by atoms with Crippen LogP contribution >= 0.6 is 11.6 Å². The molecule has 1 heterocycles. The number of aryl methyl sites for hydroxylation is 1. The molecule has 4 nitrogen and oxygen atoms in total. The van der Waals surface area contributed by atoms with Crippen LogP contribution in [0.3, 0.4) is 0 Å². The fraction of sp³-hybridized carbons (Fsp3) is 0.231. The molecule has 0 aliphatic carbocycles. The van der Waals surface area contributed by atoms with Crippen LogP contribution < -0.4 is 5.32 Å². The van der Waals surface area contributed by atoms with Crippen molar-refractivity contribution in [2.45, 2.75) is 6.42 Å². The molecule has 0 unspecified atom stereocenters. The minimum absolute atomic E-state index is 0.107. The van der Waals surface area contributed by atoms with Gasteiger partial charge in [0.25, 0.3) is 5.91 Å². The number of amides is 1. The van der Waals surface area contributed by atoms with E-state index in [0.717, 1.165) is 17.0 Å². The number of hydrogen-bond donors (Lipinski definition) is 1. The number of nitrogens with one attached hydrogen (secondary N) is 1. The van der Waals surface area contributed by atoms with Gasteiger partial charge >= 0.3 is 0 Å². The zero-order valence-corrected chi connectivity index (χ0v) is 10.8. The molecule has 0 spiro atoms. The lowest BCUT2D eigenvalue weighted by Crippen LogP contribution is -2.27. The van der Waals surface area contributed by atoms with Crippen LogP contribution in [-0.4, -0.2) is 22.2 Å². The summed E-state index contributed by atoms with van der Waals surface area (Å²) in [6.07, 6.45) is 2.38. The molecular formula is C13H14ClN3O. The van der Waals surface area contributed by atoms with E-state index in [-0.39, 0.29) is 5.91 Å². The van der Waals surface area contributed by atoms with Gasteiger partial charge in [-0.25, -0.2) is 0 Å². The standard InChI is InChI=1S/C13H14ClN3O/c1-17-12(7-9-16-17)13(18)15-8-6-10-2-4-11(14)5-3-10/h2-5,7,9H,6,8H2,1H3,(H,15,18). The van der Waals surface area contributed by atoms with Crippen molar-refractivity contribution in [3.8, 4) is 0 Å². The maximum Gasteiger partial charge on any atom is 0.269 e. The van der Waals surface area contributed by atoms with Gasteiger partial charge in [-0.2, -0.15) is 5.10 Å². The first-order chi connectivity index (χ1) is 8.66. The summed E-state index contributed by atoms with van der Waals surface area (Å²) >= 11 is 5.80. The first kappa shape index (κ1) is 12.6. The molecule has 2 aromatic rings. The Morgan fingerprint density at radius 3 is 2.67 bits per heavy atom. The third-order valence-corrected chi connectivity index (χ3v) is 2.92. The molecule has 0 fully saturated rings. The van der Waals surface area contributed by atoms with Crippen molar-refractivity contribution in [3.05, 3.63) is 52.8 Å². The van der Waals surface area contributed by atoms with Gasteiger partial charge in [0.15, 0.2) is 0 Å². The van der Waals surface area contributed by atoms with Crippen LogP contribution in [0.25, 0.3) is 0 Å². The zero-order valence-electron chi connectivity index (χ0n) is 10.1. The van der Waals surface area contributed by atoms with Crippen molar-refractivity contribution in [2.75, 3.05) is 6.54 Å². The Labute approximate surface area is 111 Å². The van der Waals surface area contributed by atoms with E-state index in [4.69, 9.17) is 11.6 Å². The van der Waals surface area contributed by atoms with Gasteiger partial charge in [-0.15, -0.1) is 0 Å². The van der Waals surface area contributed by atoms with Crippen LogP contribution in [0.1, 0.15) is 16.1 Å². The van der Waals surface area contributed by atoms with E-state index in [1.54, 1.807) is 24.0 Å². The predicted molar refractivity (Wildman–Crippen MR) is 70.7 cm³/mol. The van der Waals surface area contributed by atoms with Gasteiger partial charge < -0.3 is 5.32 Å². The van der Waals surface area contributed by atoms with E-state index in [1.165, 1.54) is 0 Å². The number of carbonyl (C=O) groups excluding carboxylic acids is 1. The Balaban J connectivity index is 1.84. The lowest BCUT2D eigenvalue weighted by Gasteiger charge is -2.05. The van der Waals surface area contributed by atoms with Crippen LogP contribution in [0.5, 0.6) is 0 Å². The lowest BCUT2D eigenvalue weighted by atomic mass is 10.1. The smallest absolute Gasteiger partial charge is 0.269 e. The van der Waals surface area contributed by atoms with Crippen molar-refractivity contribution >= 4 is 17.5 Å². The molecule has 0 saturated carbocycles. The molecule has 0 bridgehead atoms. The van der Waals surface area contributed by atoms with E-state index in [1.807, 2.05) is 24.3 Å². The summed E-state index contributed by atoms with van der Waals surface area (Å²) in [5.41, 5.74) is 1.70. The number of aromatic nitrogens is 2. The summed E-state index contributed by atoms with van der Waals surface area (Å²) in [5, 5.41) is 7.53. The SMILES string of the molecule is Cn1nccc1C(=O)NCCc1ccc(Cl)cc1. The van der Waals surface area contributed by atoms with Crippen molar-refractivity contribution < 1.29 is 4.79 Å². The molecule has 5 heteroatoms. The van der Waals surface area contributed by atoms with E-state index in [0.29, 0.717) is 12.2 Å². The normalized spacial score (nSPS) is 10.3. The second kappa shape index (κ2) is 5.69. The third-order valence-electron chi connectivity index (χ3n) is 2.67. The monoisotopic (exact) mass is 263 g/mol. The number of nitrogens with zero attached hydrogens (tertiary/aromatic N) is 2. The summed E-state index contributed by atoms with van der Waals surface area (Å²) < 4.78 is 1.55. The molecule has 0 atom stereocenters. The fourth-order valence-electron chi connectivity index (χ4n) is 1.66. The second-order valence-electron chi connectivity index (χ2n) is 3.97. The lowest BCUT2D eigenvalue weighted by molar-refractivity contribution is 0.0945. The summed E-state index contributed by atoms with van der Waals surface area (Å²) in [4.78, 5) is 11.8. The molecule has 0 radical (unpaired) electrons. The van der Waals surface area contributed by atoms with Crippen LogP contribution in [0, 0.1) is 0 Å². The molecule has 0 aliphatic rings. The van der Waals surface area contributed by atoms with E-state index >= 15 is 0 Å². The molecule has 1 N–H and O–H groups in total. The molecule has 1 amide bonds. The average molecular weight is 264 g/mol. The molecular weight excluding hydrogens is 250 g/mol. The molecule has 1 aromatic carbocycles. The number of carbonyl (C=O) groups is 1. The average Bonchev–Trinajstić information content (AvgIpc) is 2.78. The molecule has 18 heavy (non-hydrogen) atoms. The van der Waals surface area contributed by atoms with Gasteiger partial charge in [-0.05, 0) is 30.2 Å². The predicted octanol–water partition coefficient (Wildman–Crippen LogP) is 2.05. The largest absolute Gasteiger partial charge is 0.350 e. The summed E-state index contributed by atoms with van der Waals surface area (Å²) in [5.74, 6) is -0.107. The molecule has 1 aromatic heterocycles. The quantitative estimate of drug-likeness (QED) is 0.918. The number of rotatable bonds is 4. The van der Waals surface area contributed by atoms with Crippen LogP contribution in [0.15, 0.2) is 36.5 Å². The molecule has 94 valence electrons. The van der Waals surface area contributed by atoms with Gasteiger partial charge in [0.2, 0.25) is 0 Å². The van der Waals surface area contributed by atoms with Gasteiger partial charge in [-0.3, -0.25) is 9.48 Å². The maximum atomic E-state index is 11.8. The number of hydrogen-bond acceptors (Lipinski definition) is 2. The van der Waals surface area contributed by atoms with Gasteiger partial charge in [0.05, 0.1) is 0 Å². The summed E-state index contributed by atoms with van der Waals surface area (Å²) in [6, 6.07) is 9.30. The van der Waals surface area contributed by atoms with E-state index < -0.39 is 0 Å². The number of benzene rings is 1. The minimum Gasteiger partial charge on any atom is -0.350 e. The van der Waals surface area contributed by atoms with Crippen molar-refractivity contribution in [2.24, 2.45) is 7.05 Å². The Morgan fingerprint density at radius 1 is 1.33 bits per heavy atom. The summed E-state index contributed by atoms with van der Waals surface area (Å²) in [7, 11) is 1.74. The van der Waals surface area contributed by atoms with Crippen LogP contribution in [0.4, 0.5) is 0 Å². The highest BCUT2D eigenvalue weighted by atomic mass is 35.5. The minimum atomic E-state index is -0.107. The van der Waals surface area contributed by atoms with E-state index in [2.05, 4.69) is 10.4 Å². The summed E-state index contributed by atoms with van der Waals surface area (Å²) in [6.45, 7) is 0.589. The molecule has 2 rings (SSSR count). The number of halogens is 1. The highest BCUT2D eigenvalue weighted by Gasteiger charge is 2.08. The maximum absolute atomic E-state index is 11.8. The highest BCUT2D eigenvalue weighted by Crippen LogP contribution is 2.09. The van der Waals surface area contributed by atoms with Crippen molar-refractivity contribution in [3.63, 3.8) is 0 Å². The van der Waals surface area contributed by atoms with E-state index in [9.17, 15) is 4.79 Å². The first-order valence-corrected chi connectivity index (χ1v) is 6.05. The molecule has 0 saturated heterocycles. The van der Waals surface area contributed by atoms with Gasteiger partial charge in [0.1, 0.15) is 5.69 Å².